The van der Waals surface area contributed by atoms with E-state index in [1.807, 2.05) is 91.9 Å². The first-order valence-electron chi connectivity index (χ1n) is 18.0. The minimum atomic E-state index is -0.872. The molecule has 0 atom stereocenters. The van der Waals surface area contributed by atoms with Crippen molar-refractivity contribution in [2.45, 2.75) is 45.8 Å². The van der Waals surface area contributed by atoms with Gasteiger partial charge in [-0.05, 0) is 58.9 Å². The van der Waals surface area contributed by atoms with Crippen molar-refractivity contribution in [3.05, 3.63) is 185 Å². The van der Waals surface area contributed by atoms with Gasteiger partial charge in [-0.2, -0.15) is 0 Å². The molecule has 53 heavy (non-hydrogen) atoms. The van der Waals surface area contributed by atoms with Crippen molar-refractivity contribution < 1.29 is 14.3 Å². The van der Waals surface area contributed by atoms with Crippen LogP contribution >= 0.6 is 0 Å². The third-order valence-electron chi connectivity index (χ3n) is 9.27. The number of benzene rings is 5. The van der Waals surface area contributed by atoms with Crippen LogP contribution in [0.4, 0.5) is 0 Å². The zero-order chi connectivity index (χ0) is 36.6. The van der Waals surface area contributed by atoms with E-state index < -0.39 is 11.5 Å². The van der Waals surface area contributed by atoms with Gasteiger partial charge in [0.05, 0.1) is 12.3 Å². The van der Waals surface area contributed by atoms with E-state index in [1.165, 1.54) is 0 Å². The summed E-state index contributed by atoms with van der Waals surface area (Å²) in [7, 11) is 0. The normalized spacial score (nSPS) is 11.3. The fourth-order valence-electron chi connectivity index (χ4n) is 6.88. The zero-order valence-corrected chi connectivity index (χ0v) is 30.1. The van der Waals surface area contributed by atoms with Crippen LogP contribution in [0.1, 0.15) is 64.3 Å². The van der Waals surface area contributed by atoms with Crippen LogP contribution in [0.2, 0.25) is 0 Å². The molecule has 0 bridgehead atoms. The maximum absolute atomic E-state index is 12.9. The first kappa shape index (κ1) is 35.0. The molecule has 2 aromatic heterocycles. The first-order valence-corrected chi connectivity index (χ1v) is 18.0. The minimum Gasteiger partial charge on any atom is -0.488 e. The molecule has 0 unspecified atom stereocenters. The molecule has 0 amide bonds. The van der Waals surface area contributed by atoms with Crippen LogP contribution < -0.4 is 4.74 Å². The van der Waals surface area contributed by atoms with Gasteiger partial charge in [-0.15, -0.1) is 15.0 Å². The number of carbonyl (C=O) groups excluding carboxylic acids is 1. The van der Waals surface area contributed by atoms with Gasteiger partial charge in [-0.25, -0.2) is 4.79 Å². The van der Waals surface area contributed by atoms with E-state index in [1.54, 1.807) is 17.8 Å². The number of aryl methyl sites for hydroxylation is 2. The highest BCUT2D eigenvalue weighted by molar-refractivity contribution is 5.93. The Morgan fingerprint density at radius 2 is 1.28 bits per heavy atom. The van der Waals surface area contributed by atoms with E-state index in [2.05, 4.69) is 66.5 Å². The number of hydrogen-bond acceptors (Lipinski definition) is 7. The van der Waals surface area contributed by atoms with Crippen molar-refractivity contribution in [3.8, 4) is 28.3 Å². The highest BCUT2D eigenvalue weighted by atomic mass is 16.5. The van der Waals surface area contributed by atoms with Gasteiger partial charge in [-0.3, -0.25) is 4.98 Å². The molecule has 8 nitrogen and oxygen atoms in total. The Kier molecular flexibility index (Phi) is 10.5. The van der Waals surface area contributed by atoms with Gasteiger partial charge in [0, 0.05) is 17.3 Å². The SMILES string of the molecule is CCCc1nc(C)cc(OCc2ccc(-c3ccccc3-c3nnn(C(c4ccccc4)(c4ccccc4)c4ccccc4)n3)cc2)c1C(=O)OCC. The molecule has 0 saturated heterocycles. The molecular formula is C45H41N5O3. The maximum atomic E-state index is 12.9. The molecule has 0 saturated carbocycles. The lowest BCUT2D eigenvalue weighted by atomic mass is 9.77. The second kappa shape index (κ2) is 15.9. The molecule has 0 aliphatic carbocycles. The second-order valence-corrected chi connectivity index (χ2v) is 12.8. The Labute approximate surface area is 310 Å². The summed E-state index contributed by atoms with van der Waals surface area (Å²) in [6, 6.07) is 49.1. The number of pyridine rings is 1. The van der Waals surface area contributed by atoms with Gasteiger partial charge in [0.2, 0.25) is 5.82 Å². The smallest absolute Gasteiger partial charge is 0.343 e. The second-order valence-electron chi connectivity index (χ2n) is 12.8. The van der Waals surface area contributed by atoms with Crippen LogP contribution in [0.3, 0.4) is 0 Å². The lowest BCUT2D eigenvalue weighted by Crippen LogP contribution is -2.39. The number of ether oxygens (including phenoxy) is 2. The molecule has 0 aliphatic rings. The fraction of sp³-hybridized carbons (Fsp3) is 0.178. The summed E-state index contributed by atoms with van der Waals surface area (Å²) in [6.45, 7) is 6.32. The van der Waals surface area contributed by atoms with Crippen LogP contribution in [0.15, 0.2) is 146 Å². The molecule has 7 aromatic rings. The highest BCUT2D eigenvalue weighted by Crippen LogP contribution is 2.40. The maximum Gasteiger partial charge on any atom is 0.343 e. The summed E-state index contributed by atoms with van der Waals surface area (Å²) in [4.78, 5) is 19.3. The minimum absolute atomic E-state index is 0.278. The molecule has 0 fully saturated rings. The van der Waals surface area contributed by atoms with Crippen LogP contribution in [-0.4, -0.2) is 37.8 Å². The van der Waals surface area contributed by atoms with Crippen LogP contribution in [0.25, 0.3) is 22.5 Å². The van der Waals surface area contributed by atoms with Gasteiger partial charge in [0.15, 0.2) is 5.54 Å². The molecule has 264 valence electrons. The van der Waals surface area contributed by atoms with Gasteiger partial charge in [-0.1, -0.05) is 153 Å². The fourth-order valence-corrected chi connectivity index (χ4v) is 6.88. The Balaban J connectivity index is 1.22. The third kappa shape index (κ3) is 7.08. The number of carbonyl (C=O) groups is 1. The number of tetrazole rings is 1. The van der Waals surface area contributed by atoms with E-state index in [0.29, 0.717) is 29.3 Å². The predicted octanol–water partition coefficient (Wildman–Crippen LogP) is 9.26. The molecule has 2 heterocycles. The van der Waals surface area contributed by atoms with Gasteiger partial charge in [0.1, 0.15) is 17.9 Å². The van der Waals surface area contributed by atoms with E-state index in [0.717, 1.165) is 51.1 Å². The topological polar surface area (TPSA) is 92.0 Å². The lowest BCUT2D eigenvalue weighted by Gasteiger charge is -2.34. The van der Waals surface area contributed by atoms with E-state index in [4.69, 9.17) is 24.9 Å². The van der Waals surface area contributed by atoms with Gasteiger partial charge >= 0.3 is 5.97 Å². The molecule has 8 heteroatoms. The standard InChI is InChI=1S/C45H41N5O3/c1-4-17-40-42(44(51)52-5-2)41(30-32(3)46-40)53-31-33-26-28-34(29-27-33)38-24-15-16-25-39(38)43-47-49-50(48-43)45(35-18-9-6-10-19-35,36-20-11-7-12-21-36)37-22-13-8-14-23-37/h6-16,18-30H,4-5,17,31H2,1-3H3. The summed E-state index contributed by atoms with van der Waals surface area (Å²) >= 11 is 0. The van der Waals surface area contributed by atoms with Crippen LogP contribution in [-0.2, 0) is 23.3 Å². The number of esters is 1. The van der Waals surface area contributed by atoms with Crippen molar-refractivity contribution in [1.82, 2.24) is 25.2 Å². The summed E-state index contributed by atoms with van der Waals surface area (Å²) in [5, 5.41) is 14.6. The predicted molar refractivity (Wildman–Crippen MR) is 207 cm³/mol. The average Bonchev–Trinajstić information content (AvgIpc) is 3.69. The van der Waals surface area contributed by atoms with Crippen molar-refractivity contribution in [2.75, 3.05) is 6.61 Å². The van der Waals surface area contributed by atoms with E-state index in [-0.39, 0.29) is 13.2 Å². The number of aromatic nitrogens is 5. The summed E-state index contributed by atoms with van der Waals surface area (Å²) in [5.74, 6) is 0.590. The highest BCUT2D eigenvalue weighted by Gasteiger charge is 2.41. The largest absolute Gasteiger partial charge is 0.488 e. The van der Waals surface area contributed by atoms with Crippen molar-refractivity contribution in [2.24, 2.45) is 0 Å². The van der Waals surface area contributed by atoms with Crippen molar-refractivity contribution in [1.29, 1.82) is 0 Å². The molecule has 0 spiro atoms. The third-order valence-corrected chi connectivity index (χ3v) is 9.27. The van der Waals surface area contributed by atoms with Gasteiger partial charge < -0.3 is 9.47 Å². The van der Waals surface area contributed by atoms with E-state index in [9.17, 15) is 4.79 Å². The summed E-state index contributed by atoms with van der Waals surface area (Å²) < 4.78 is 11.6. The number of rotatable bonds is 13. The Bertz CT molecular complexity index is 2190. The lowest BCUT2D eigenvalue weighted by molar-refractivity contribution is 0.0519. The van der Waals surface area contributed by atoms with Gasteiger partial charge in [0.25, 0.3) is 0 Å². The molecular weight excluding hydrogens is 659 g/mol. The Morgan fingerprint density at radius 3 is 1.85 bits per heavy atom. The monoisotopic (exact) mass is 699 g/mol. The number of hydrogen-bond donors (Lipinski definition) is 0. The molecule has 0 N–H and O–H groups in total. The molecule has 0 aliphatic heterocycles. The summed E-state index contributed by atoms with van der Waals surface area (Å²) in [5.41, 5.74) is 7.87. The van der Waals surface area contributed by atoms with E-state index >= 15 is 0 Å². The van der Waals surface area contributed by atoms with Crippen molar-refractivity contribution in [3.63, 3.8) is 0 Å². The zero-order valence-electron chi connectivity index (χ0n) is 30.1. The Morgan fingerprint density at radius 1 is 0.717 bits per heavy atom. The number of nitrogens with zero attached hydrogens (tertiary/aromatic N) is 5. The van der Waals surface area contributed by atoms with Crippen molar-refractivity contribution >= 4 is 5.97 Å². The Hall–Kier alpha value is -6.41. The molecule has 0 radical (unpaired) electrons. The average molecular weight is 700 g/mol. The quantitative estimate of drug-likeness (QED) is 0.0875. The van der Waals surface area contributed by atoms with Crippen LogP contribution in [0, 0.1) is 6.92 Å². The molecule has 5 aromatic carbocycles. The molecule has 7 rings (SSSR count). The first-order chi connectivity index (χ1) is 26.0. The summed E-state index contributed by atoms with van der Waals surface area (Å²) in [6.07, 6.45) is 1.51. The van der Waals surface area contributed by atoms with Crippen LogP contribution in [0.5, 0.6) is 5.75 Å².